The van der Waals surface area contributed by atoms with Crippen LogP contribution in [0.15, 0.2) is 28.9 Å². The summed E-state index contributed by atoms with van der Waals surface area (Å²) in [6, 6.07) is 6.27. The van der Waals surface area contributed by atoms with Gasteiger partial charge in [-0.15, -0.1) is 0 Å². The standard InChI is InChI=1S/C11H9N2O4P/c1-7-2-3-8(6-12)10(13-7)11-9(4-5-17-11)18(14,15)16/h2-5H,1H3,(H2,14,15,16). The van der Waals surface area contributed by atoms with Gasteiger partial charge in [0.05, 0.1) is 11.8 Å². The first-order valence-corrected chi connectivity index (χ1v) is 6.56. The van der Waals surface area contributed by atoms with E-state index in [-0.39, 0.29) is 22.3 Å². The zero-order chi connectivity index (χ0) is 13.3. The zero-order valence-corrected chi connectivity index (χ0v) is 10.3. The molecule has 0 bridgehead atoms. The maximum atomic E-state index is 11.3. The van der Waals surface area contributed by atoms with Crippen LogP contribution in [0.1, 0.15) is 11.3 Å². The third kappa shape index (κ3) is 2.20. The molecule has 0 saturated carbocycles. The number of aryl methyl sites for hydroxylation is 1. The van der Waals surface area contributed by atoms with Gasteiger partial charge in [-0.25, -0.2) is 4.98 Å². The summed E-state index contributed by atoms with van der Waals surface area (Å²) in [7, 11) is -4.46. The minimum Gasteiger partial charge on any atom is -0.462 e. The molecule has 6 nitrogen and oxygen atoms in total. The van der Waals surface area contributed by atoms with Gasteiger partial charge in [-0.05, 0) is 25.1 Å². The van der Waals surface area contributed by atoms with Crippen LogP contribution in [-0.4, -0.2) is 14.8 Å². The van der Waals surface area contributed by atoms with E-state index in [0.717, 1.165) is 6.26 Å². The number of nitriles is 1. The number of hydrogen-bond acceptors (Lipinski definition) is 4. The van der Waals surface area contributed by atoms with Gasteiger partial charge in [-0.1, -0.05) is 0 Å². The van der Waals surface area contributed by atoms with Crippen LogP contribution in [0.5, 0.6) is 0 Å². The number of rotatable bonds is 2. The van der Waals surface area contributed by atoms with E-state index >= 15 is 0 Å². The lowest BCUT2D eigenvalue weighted by atomic mass is 10.1. The molecule has 92 valence electrons. The zero-order valence-electron chi connectivity index (χ0n) is 9.36. The number of pyridine rings is 1. The molecule has 0 radical (unpaired) electrons. The van der Waals surface area contributed by atoms with Gasteiger partial charge in [0.1, 0.15) is 17.1 Å². The predicted octanol–water partition coefficient (Wildman–Crippen LogP) is 1.32. The summed E-state index contributed by atoms with van der Waals surface area (Å²) in [4.78, 5) is 22.5. The molecular weight excluding hydrogens is 255 g/mol. The molecule has 2 heterocycles. The van der Waals surface area contributed by atoms with Gasteiger partial charge >= 0.3 is 7.60 Å². The Hall–Kier alpha value is -1.93. The maximum absolute atomic E-state index is 11.3. The lowest BCUT2D eigenvalue weighted by molar-refractivity contribution is 0.387. The molecule has 0 spiro atoms. The summed E-state index contributed by atoms with van der Waals surface area (Å²) >= 11 is 0. The highest BCUT2D eigenvalue weighted by atomic mass is 31.2. The normalized spacial score (nSPS) is 11.2. The van der Waals surface area contributed by atoms with E-state index in [1.54, 1.807) is 13.0 Å². The second-order valence-electron chi connectivity index (χ2n) is 3.64. The van der Waals surface area contributed by atoms with Gasteiger partial charge in [-0.3, -0.25) is 4.57 Å². The molecule has 2 aromatic rings. The Labute approximate surface area is 103 Å². The number of hydrogen-bond donors (Lipinski definition) is 2. The minimum atomic E-state index is -4.46. The van der Waals surface area contributed by atoms with Crippen LogP contribution in [0, 0.1) is 18.3 Å². The average molecular weight is 264 g/mol. The van der Waals surface area contributed by atoms with Crippen molar-refractivity contribution in [1.82, 2.24) is 4.98 Å². The number of furan rings is 1. The van der Waals surface area contributed by atoms with Crippen molar-refractivity contribution in [3.63, 3.8) is 0 Å². The molecule has 0 atom stereocenters. The molecule has 0 fully saturated rings. The van der Waals surface area contributed by atoms with Gasteiger partial charge < -0.3 is 14.2 Å². The van der Waals surface area contributed by atoms with Crippen molar-refractivity contribution in [2.24, 2.45) is 0 Å². The van der Waals surface area contributed by atoms with Gasteiger partial charge in [0, 0.05) is 5.69 Å². The fourth-order valence-electron chi connectivity index (χ4n) is 1.53. The summed E-state index contributed by atoms with van der Waals surface area (Å²) < 4.78 is 16.4. The molecule has 2 rings (SSSR count). The Balaban J connectivity index is 2.71. The summed E-state index contributed by atoms with van der Waals surface area (Å²) in [5, 5.41) is 8.71. The van der Waals surface area contributed by atoms with E-state index < -0.39 is 7.60 Å². The smallest absolute Gasteiger partial charge is 0.360 e. The molecular formula is C11H9N2O4P. The van der Waals surface area contributed by atoms with Crippen LogP contribution >= 0.6 is 7.60 Å². The fourth-order valence-corrected chi connectivity index (χ4v) is 2.21. The summed E-state index contributed by atoms with van der Waals surface area (Å²) in [6.45, 7) is 1.71. The predicted molar refractivity (Wildman–Crippen MR) is 63.1 cm³/mol. The Morgan fingerprint density at radius 3 is 2.72 bits per heavy atom. The van der Waals surface area contributed by atoms with E-state index in [2.05, 4.69) is 4.98 Å². The molecule has 0 amide bonds. The van der Waals surface area contributed by atoms with Gasteiger partial charge in [-0.2, -0.15) is 5.26 Å². The molecule has 0 saturated heterocycles. The van der Waals surface area contributed by atoms with Gasteiger partial charge in [0.15, 0.2) is 5.76 Å². The first-order chi connectivity index (χ1) is 8.43. The Bertz CT molecular complexity index is 681. The Kier molecular flexibility index (Phi) is 3.05. The SMILES string of the molecule is Cc1ccc(C#N)c(-c2occc2P(=O)(O)O)n1. The van der Waals surface area contributed by atoms with E-state index in [1.165, 1.54) is 12.1 Å². The topological polar surface area (TPSA) is 107 Å². The Morgan fingerprint density at radius 2 is 2.11 bits per heavy atom. The second-order valence-corrected chi connectivity index (χ2v) is 5.21. The molecule has 18 heavy (non-hydrogen) atoms. The van der Waals surface area contributed by atoms with Crippen LogP contribution in [0.25, 0.3) is 11.5 Å². The van der Waals surface area contributed by atoms with E-state index in [1.807, 2.05) is 6.07 Å². The lowest BCUT2D eigenvalue weighted by Crippen LogP contribution is -2.06. The summed E-state index contributed by atoms with van der Waals surface area (Å²) in [6.07, 6.45) is 1.16. The van der Waals surface area contributed by atoms with Crippen molar-refractivity contribution in [1.29, 1.82) is 5.26 Å². The van der Waals surface area contributed by atoms with Crippen molar-refractivity contribution in [2.75, 3.05) is 0 Å². The van der Waals surface area contributed by atoms with Crippen LogP contribution in [-0.2, 0) is 4.57 Å². The average Bonchev–Trinajstić information content (AvgIpc) is 2.77. The largest absolute Gasteiger partial charge is 0.462 e. The van der Waals surface area contributed by atoms with Crippen LogP contribution in [0.3, 0.4) is 0 Å². The number of nitrogens with zero attached hydrogens (tertiary/aromatic N) is 2. The monoisotopic (exact) mass is 264 g/mol. The highest BCUT2D eigenvalue weighted by Crippen LogP contribution is 2.38. The first kappa shape index (κ1) is 12.5. The van der Waals surface area contributed by atoms with E-state index in [9.17, 15) is 14.4 Å². The first-order valence-electron chi connectivity index (χ1n) is 4.95. The molecule has 7 heteroatoms. The summed E-state index contributed by atoms with van der Waals surface area (Å²) in [5.74, 6) is -0.0661. The van der Waals surface area contributed by atoms with Crippen molar-refractivity contribution in [3.05, 3.63) is 35.7 Å². The Morgan fingerprint density at radius 1 is 1.39 bits per heavy atom. The summed E-state index contributed by atoms with van der Waals surface area (Å²) in [5.41, 5.74) is 0.961. The fraction of sp³-hybridized carbons (Fsp3) is 0.0909. The van der Waals surface area contributed by atoms with Crippen LogP contribution < -0.4 is 5.30 Å². The maximum Gasteiger partial charge on any atom is 0.360 e. The highest BCUT2D eigenvalue weighted by Gasteiger charge is 2.27. The van der Waals surface area contributed by atoms with E-state index in [0.29, 0.717) is 5.69 Å². The van der Waals surface area contributed by atoms with E-state index in [4.69, 9.17) is 9.68 Å². The highest BCUT2D eigenvalue weighted by molar-refractivity contribution is 7.60. The third-order valence-corrected chi connectivity index (χ3v) is 3.31. The molecule has 0 aliphatic heterocycles. The van der Waals surface area contributed by atoms with Crippen molar-refractivity contribution in [2.45, 2.75) is 6.92 Å². The molecule has 0 aromatic carbocycles. The molecule has 2 N–H and O–H groups in total. The third-order valence-electron chi connectivity index (χ3n) is 2.33. The minimum absolute atomic E-state index is 0.0661. The molecule has 0 aliphatic rings. The van der Waals surface area contributed by atoms with Gasteiger partial charge in [0.25, 0.3) is 0 Å². The van der Waals surface area contributed by atoms with Crippen LogP contribution in [0.4, 0.5) is 0 Å². The van der Waals surface area contributed by atoms with Crippen LogP contribution in [0.2, 0.25) is 0 Å². The van der Waals surface area contributed by atoms with Crippen molar-refractivity contribution >= 4 is 12.9 Å². The molecule has 2 aromatic heterocycles. The molecule has 0 aliphatic carbocycles. The second kappa shape index (κ2) is 4.39. The van der Waals surface area contributed by atoms with Crippen molar-refractivity contribution < 1.29 is 18.8 Å². The lowest BCUT2D eigenvalue weighted by Gasteiger charge is -2.06. The number of aromatic nitrogens is 1. The van der Waals surface area contributed by atoms with Crippen molar-refractivity contribution in [3.8, 4) is 17.5 Å². The quantitative estimate of drug-likeness (QED) is 0.792. The van der Waals surface area contributed by atoms with Gasteiger partial charge in [0.2, 0.25) is 0 Å². The molecule has 0 unspecified atom stereocenters.